The molecule has 7 heteroatoms. The Balaban J connectivity index is 1.40. The van der Waals surface area contributed by atoms with E-state index in [9.17, 15) is 9.59 Å². The molecule has 1 unspecified atom stereocenters. The van der Waals surface area contributed by atoms with Crippen molar-refractivity contribution >= 4 is 11.8 Å². The standard InChI is InChI=1S/C23H40N4O3/c1-22(2,3)15-24(4)12-20(28)27-16-23(17-13-30-14-19(17)27)7-10-26(11-8-23)18-6-9-25(5)21(18)29/h17-19H,6-16H2,1-5H3/t17-,18?,19+/m1/s1. The van der Waals surface area contributed by atoms with Gasteiger partial charge in [-0.15, -0.1) is 0 Å². The smallest absolute Gasteiger partial charge is 0.239 e. The number of piperidine rings is 1. The number of carbonyl (C=O) groups is 2. The molecule has 30 heavy (non-hydrogen) atoms. The average molecular weight is 421 g/mol. The van der Waals surface area contributed by atoms with Gasteiger partial charge in [0.1, 0.15) is 0 Å². The van der Waals surface area contributed by atoms with Gasteiger partial charge in [0.05, 0.1) is 31.8 Å². The van der Waals surface area contributed by atoms with E-state index < -0.39 is 0 Å². The summed E-state index contributed by atoms with van der Waals surface area (Å²) < 4.78 is 5.88. The fourth-order valence-electron chi connectivity index (χ4n) is 6.42. The monoisotopic (exact) mass is 420 g/mol. The molecule has 4 aliphatic rings. The molecule has 4 fully saturated rings. The van der Waals surface area contributed by atoms with E-state index in [0.717, 1.165) is 58.6 Å². The Kier molecular flexibility index (Phi) is 5.92. The van der Waals surface area contributed by atoms with Crippen molar-refractivity contribution in [2.75, 3.05) is 66.6 Å². The molecular weight excluding hydrogens is 380 g/mol. The third kappa shape index (κ3) is 4.13. The van der Waals surface area contributed by atoms with Crippen LogP contribution < -0.4 is 0 Å². The fraction of sp³-hybridized carbons (Fsp3) is 0.913. The molecule has 0 bridgehead atoms. The van der Waals surface area contributed by atoms with E-state index in [1.165, 1.54) is 0 Å². The molecule has 1 spiro atoms. The van der Waals surface area contributed by atoms with E-state index in [1.54, 1.807) is 0 Å². The molecule has 170 valence electrons. The average Bonchev–Trinajstić information content (AvgIpc) is 3.33. The highest BCUT2D eigenvalue weighted by Gasteiger charge is 2.57. The summed E-state index contributed by atoms with van der Waals surface area (Å²) in [6, 6.07) is 0.291. The lowest BCUT2D eigenvalue weighted by Gasteiger charge is -2.43. The summed E-state index contributed by atoms with van der Waals surface area (Å²) in [5.41, 5.74) is 0.336. The van der Waals surface area contributed by atoms with Crippen LogP contribution in [0.3, 0.4) is 0 Å². The fourth-order valence-corrected chi connectivity index (χ4v) is 6.42. The molecule has 7 nitrogen and oxygen atoms in total. The first kappa shape index (κ1) is 22.0. The molecular formula is C23H40N4O3. The molecule has 4 aliphatic heterocycles. The Morgan fingerprint density at radius 2 is 1.90 bits per heavy atom. The number of hydrogen-bond acceptors (Lipinski definition) is 5. The summed E-state index contributed by atoms with van der Waals surface area (Å²) in [4.78, 5) is 34.2. The Morgan fingerprint density at radius 1 is 1.20 bits per heavy atom. The molecule has 0 aromatic heterocycles. The molecule has 0 aromatic rings. The zero-order valence-electron chi connectivity index (χ0n) is 19.5. The summed E-state index contributed by atoms with van der Waals surface area (Å²) >= 11 is 0. The first-order chi connectivity index (χ1) is 14.1. The van der Waals surface area contributed by atoms with Crippen LogP contribution in [0.2, 0.25) is 0 Å². The lowest BCUT2D eigenvalue weighted by atomic mass is 9.69. The predicted octanol–water partition coefficient (Wildman–Crippen LogP) is 1.13. The highest BCUT2D eigenvalue weighted by molar-refractivity contribution is 5.83. The van der Waals surface area contributed by atoms with Crippen LogP contribution in [0.15, 0.2) is 0 Å². The third-order valence-electron chi connectivity index (χ3n) is 7.83. The largest absolute Gasteiger partial charge is 0.379 e. The van der Waals surface area contributed by atoms with Crippen molar-refractivity contribution in [3.8, 4) is 0 Å². The number of nitrogens with zero attached hydrogens (tertiary/aromatic N) is 4. The summed E-state index contributed by atoms with van der Waals surface area (Å²) in [6.07, 6.45) is 3.07. The molecule has 3 atom stereocenters. The Hall–Kier alpha value is -1.18. The second-order valence-electron chi connectivity index (χ2n) is 11.4. The van der Waals surface area contributed by atoms with Crippen molar-refractivity contribution in [1.29, 1.82) is 0 Å². The van der Waals surface area contributed by atoms with Crippen LogP contribution in [0.1, 0.15) is 40.0 Å². The number of ether oxygens (including phenoxy) is 1. The van der Waals surface area contributed by atoms with Gasteiger partial charge in [-0.3, -0.25) is 19.4 Å². The number of rotatable bonds is 4. The Bertz CT molecular complexity index is 668. The number of fused-ring (bicyclic) bond motifs is 2. The Morgan fingerprint density at radius 3 is 2.50 bits per heavy atom. The summed E-state index contributed by atoms with van der Waals surface area (Å²) in [5.74, 6) is 0.964. The molecule has 2 amide bonds. The van der Waals surface area contributed by atoms with Crippen LogP contribution in [-0.2, 0) is 14.3 Å². The lowest BCUT2D eigenvalue weighted by Crippen LogP contribution is -2.50. The topological polar surface area (TPSA) is 56.3 Å². The van der Waals surface area contributed by atoms with Crippen LogP contribution in [0, 0.1) is 16.7 Å². The van der Waals surface area contributed by atoms with Gasteiger partial charge in [0.2, 0.25) is 11.8 Å². The Labute approximate surface area is 181 Å². The second-order valence-corrected chi connectivity index (χ2v) is 11.4. The van der Waals surface area contributed by atoms with Crippen LogP contribution >= 0.6 is 0 Å². The van der Waals surface area contributed by atoms with Gasteiger partial charge in [-0.1, -0.05) is 20.8 Å². The first-order valence-electron chi connectivity index (χ1n) is 11.6. The molecule has 4 rings (SSSR count). The van der Waals surface area contributed by atoms with Gasteiger partial charge in [-0.25, -0.2) is 0 Å². The highest BCUT2D eigenvalue weighted by Crippen LogP contribution is 2.50. The normalized spacial score (nSPS) is 31.9. The van der Waals surface area contributed by atoms with E-state index in [2.05, 4.69) is 35.5 Å². The molecule has 4 saturated heterocycles. The maximum absolute atomic E-state index is 13.2. The summed E-state index contributed by atoms with van der Waals surface area (Å²) in [6.45, 7) is 13.1. The number of amides is 2. The summed E-state index contributed by atoms with van der Waals surface area (Å²) in [5, 5.41) is 0. The summed E-state index contributed by atoms with van der Waals surface area (Å²) in [7, 11) is 3.96. The first-order valence-corrected chi connectivity index (χ1v) is 11.6. The zero-order valence-corrected chi connectivity index (χ0v) is 19.5. The lowest BCUT2D eigenvalue weighted by molar-refractivity contribution is -0.134. The van der Waals surface area contributed by atoms with Crippen LogP contribution in [0.4, 0.5) is 0 Å². The van der Waals surface area contributed by atoms with Gasteiger partial charge in [0.25, 0.3) is 0 Å². The molecule has 0 aromatic carbocycles. The van der Waals surface area contributed by atoms with Crippen molar-refractivity contribution in [3.63, 3.8) is 0 Å². The van der Waals surface area contributed by atoms with Crippen molar-refractivity contribution in [1.82, 2.24) is 19.6 Å². The SMILES string of the molecule is CN(CC(=O)N1CC2(CCN(C3CCN(C)C3=O)CC2)[C@@H]2COC[C@@H]21)CC(C)(C)C. The molecule has 0 N–H and O–H groups in total. The van der Waals surface area contributed by atoms with Crippen molar-refractivity contribution in [3.05, 3.63) is 0 Å². The van der Waals surface area contributed by atoms with Gasteiger partial charge in [-0.05, 0) is 50.2 Å². The van der Waals surface area contributed by atoms with E-state index in [-0.39, 0.29) is 34.7 Å². The van der Waals surface area contributed by atoms with Gasteiger partial charge >= 0.3 is 0 Å². The number of likely N-dealkylation sites (tertiary alicyclic amines) is 3. The van der Waals surface area contributed by atoms with Gasteiger partial charge in [-0.2, -0.15) is 0 Å². The van der Waals surface area contributed by atoms with Crippen LogP contribution in [0.25, 0.3) is 0 Å². The molecule has 4 heterocycles. The number of hydrogen-bond donors (Lipinski definition) is 0. The molecule has 0 radical (unpaired) electrons. The minimum absolute atomic E-state index is 0.0631. The quantitative estimate of drug-likeness (QED) is 0.683. The minimum atomic E-state index is 0.0631. The molecule has 0 saturated carbocycles. The highest BCUT2D eigenvalue weighted by atomic mass is 16.5. The van der Waals surface area contributed by atoms with Gasteiger partial charge in [0, 0.05) is 32.6 Å². The maximum atomic E-state index is 13.2. The number of likely N-dealkylation sites (N-methyl/N-ethyl adjacent to an activating group) is 2. The van der Waals surface area contributed by atoms with E-state index >= 15 is 0 Å². The van der Waals surface area contributed by atoms with Crippen LogP contribution in [-0.4, -0.2) is 110 Å². The number of carbonyl (C=O) groups excluding carboxylic acids is 2. The van der Waals surface area contributed by atoms with Crippen molar-refractivity contribution in [2.24, 2.45) is 16.7 Å². The van der Waals surface area contributed by atoms with E-state index in [4.69, 9.17) is 4.74 Å². The minimum Gasteiger partial charge on any atom is -0.379 e. The van der Waals surface area contributed by atoms with E-state index in [1.807, 2.05) is 19.0 Å². The van der Waals surface area contributed by atoms with Gasteiger partial charge in [0.15, 0.2) is 0 Å². The zero-order chi connectivity index (χ0) is 21.7. The maximum Gasteiger partial charge on any atom is 0.239 e. The third-order valence-corrected chi connectivity index (χ3v) is 7.83. The molecule has 0 aliphatic carbocycles. The van der Waals surface area contributed by atoms with Crippen molar-refractivity contribution < 1.29 is 14.3 Å². The van der Waals surface area contributed by atoms with Crippen molar-refractivity contribution in [2.45, 2.75) is 52.1 Å². The van der Waals surface area contributed by atoms with E-state index in [0.29, 0.717) is 19.1 Å². The predicted molar refractivity (Wildman–Crippen MR) is 116 cm³/mol. The van der Waals surface area contributed by atoms with Crippen LogP contribution in [0.5, 0.6) is 0 Å². The second kappa shape index (κ2) is 8.06. The van der Waals surface area contributed by atoms with Gasteiger partial charge < -0.3 is 14.5 Å².